The second-order valence-corrected chi connectivity index (χ2v) is 8.00. The summed E-state index contributed by atoms with van der Waals surface area (Å²) in [5.41, 5.74) is 5.18. The van der Waals surface area contributed by atoms with Crippen LogP contribution in [0.15, 0.2) is 5.16 Å². The Morgan fingerprint density at radius 1 is 1.20 bits per heavy atom. The number of piperidine rings is 1. The standard InChI is InChI=1S/C17H27N5O2S/c1-21-15(9-8-14(18)23)19-20-17(21)25-11-16(24)22-10-4-6-12-5-2-3-7-13(12)22/h12-13H,2-11H2,1H3,(H2,18,23)/t12-,13+/m0/s1. The first kappa shape index (κ1) is 18.2. The molecule has 2 aliphatic rings. The van der Waals surface area contributed by atoms with E-state index in [1.165, 1.54) is 37.4 Å². The number of aromatic nitrogens is 3. The van der Waals surface area contributed by atoms with Crippen LogP contribution in [0.25, 0.3) is 0 Å². The summed E-state index contributed by atoms with van der Waals surface area (Å²) in [6.07, 6.45) is 8.11. The van der Waals surface area contributed by atoms with E-state index in [2.05, 4.69) is 15.1 Å². The number of amides is 2. The van der Waals surface area contributed by atoms with Gasteiger partial charge in [-0.25, -0.2) is 0 Å². The minimum atomic E-state index is -0.348. The number of nitrogens with zero attached hydrogens (tertiary/aromatic N) is 4. The lowest BCUT2D eigenvalue weighted by Gasteiger charge is -2.44. The number of likely N-dealkylation sites (tertiary alicyclic amines) is 1. The molecule has 0 spiro atoms. The van der Waals surface area contributed by atoms with Crippen molar-refractivity contribution in [2.75, 3.05) is 12.3 Å². The zero-order valence-electron chi connectivity index (χ0n) is 14.8. The molecule has 1 saturated carbocycles. The molecule has 3 rings (SSSR count). The highest BCUT2D eigenvalue weighted by Gasteiger charge is 2.35. The van der Waals surface area contributed by atoms with Gasteiger partial charge in [0.25, 0.3) is 0 Å². The van der Waals surface area contributed by atoms with E-state index in [1.54, 1.807) is 0 Å². The Morgan fingerprint density at radius 2 is 1.96 bits per heavy atom. The molecule has 2 atom stereocenters. The predicted octanol–water partition coefficient (Wildman–Crippen LogP) is 1.51. The van der Waals surface area contributed by atoms with Crippen LogP contribution < -0.4 is 5.73 Å². The largest absolute Gasteiger partial charge is 0.370 e. The third-order valence-corrected chi connectivity index (χ3v) is 6.41. The maximum absolute atomic E-state index is 12.7. The summed E-state index contributed by atoms with van der Waals surface area (Å²) in [4.78, 5) is 25.8. The normalized spacial score (nSPS) is 23.3. The van der Waals surface area contributed by atoms with Gasteiger partial charge in [0.15, 0.2) is 5.16 Å². The van der Waals surface area contributed by atoms with Crippen molar-refractivity contribution in [3.8, 4) is 0 Å². The zero-order chi connectivity index (χ0) is 17.8. The van der Waals surface area contributed by atoms with Crippen LogP contribution in [0.2, 0.25) is 0 Å². The molecule has 0 unspecified atom stereocenters. The Hall–Kier alpha value is -1.57. The molecular formula is C17H27N5O2S. The summed E-state index contributed by atoms with van der Waals surface area (Å²) < 4.78 is 1.85. The fraction of sp³-hybridized carbons (Fsp3) is 0.765. The second-order valence-electron chi connectivity index (χ2n) is 7.05. The van der Waals surface area contributed by atoms with Crippen molar-refractivity contribution in [1.82, 2.24) is 19.7 Å². The molecule has 8 heteroatoms. The maximum Gasteiger partial charge on any atom is 0.233 e. The topological polar surface area (TPSA) is 94.1 Å². The highest BCUT2D eigenvalue weighted by molar-refractivity contribution is 7.99. The SMILES string of the molecule is Cn1c(CCC(N)=O)nnc1SCC(=O)N1CCC[C@@H]2CCCC[C@H]21. The number of primary amides is 1. The fourth-order valence-corrected chi connectivity index (χ4v) is 4.88. The lowest BCUT2D eigenvalue weighted by atomic mass is 9.78. The lowest BCUT2D eigenvalue weighted by molar-refractivity contribution is -0.134. The molecule has 1 aromatic heterocycles. The molecule has 1 saturated heterocycles. The predicted molar refractivity (Wildman–Crippen MR) is 95.9 cm³/mol. The van der Waals surface area contributed by atoms with Crippen molar-refractivity contribution < 1.29 is 9.59 Å². The average Bonchev–Trinajstić information content (AvgIpc) is 2.97. The van der Waals surface area contributed by atoms with Gasteiger partial charge in [0, 0.05) is 32.5 Å². The third-order valence-electron chi connectivity index (χ3n) is 5.41. The summed E-state index contributed by atoms with van der Waals surface area (Å²) in [7, 11) is 1.86. The fourth-order valence-electron chi connectivity index (χ4n) is 4.07. The Morgan fingerprint density at radius 3 is 2.76 bits per heavy atom. The first-order chi connectivity index (χ1) is 12.1. The van der Waals surface area contributed by atoms with Gasteiger partial charge in [-0.2, -0.15) is 0 Å². The van der Waals surface area contributed by atoms with Crippen molar-refractivity contribution in [2.24, 2.45) is 18.7 Å². The minimum Gasteiger partial charge on any atom is -0.370 e. The number of carbonyl (C=O) groups is 2. The molecule has 0 radical (unpaired) electrons. The Kier molecular flexibility index (Phi) is 5.98. The Labute approximate surface area is 152 Å². The first-order valence-electron chi connectivity index (χ1n) is 9.15. The van der Waals surface area contributed by atoms with E-state index in [1.807, 2.05) is 11.6 Å². The van der Waals surface area contributed by atoms with Gasteiger partial charge in [0.1, 0.15) is 5.82 Å². The van der Waals surface area contributed by atoms with E-state index in [0.717, 1.165) is 25.2 Å². The molecule has 2 fully saturated rings. The van der Waals surface area contributed by atoms with Crippen molar-refractivity contribution in [1.29, 1.82) is 0 Å². The molecule has 0 bridgehead atoms. The van der Waals surface area contributed by atoms with Crippen molar-refractivity contribution >= 4 is 23.6 Å². The van der Waals surface area contributed by atoms with Crippen molar-refractivity contribution in [2.45, 2.75) is 62.6 Å². The van der Waals surface area contributed by atoms with Crippen LogP contribution in [0.1, 0.15) is 50.8 Å². The molecule has 1 aliphatic heterocycles. The number of carbonyl (C=O) groups excluding carboxylic acids is 2. The number of rotatable bonds is 6. The van der Waals surface area contributed by atoms with E-state index >= 15 is 0 Å². The molecule has 138 valence electrons. The molecule has 2 N–H and O–H groups in total. The second kappa shape index (κ2) is 8.21. The molecule has 25 heavy (non-hydrogen) atoms. The number of nitrogens with two attached hydrogens (primary N) is 1. The summed E-state index contributed by atoms with van der Waals surface area (Å²) in [6.45, 7) is 0.892. The van der Waals surface area contributed by atoms with Crippen LogP contribution in [0.5, 0.6) is 0 Å². The van der Waals surface area contributed by atoms with Gasteiger partial charge in [0.2, 0.25) is 11.8 Å². The first-order valence-corrected chi connectivity index (χ1v) is 10.1. The van der Waals surface area contributed by atoms with Crippen LogP contribution in [0.4, 0.5) is 0 Å². The number of aryl methyl sites for hydroxylation is 1. The monoisotopic (exact) mass is 365 g/mol. The third kappa shape index (κ3) is 4.34. The quantitative estimate of drug-likeness (QED) is 0.771. The van der Waals surface area contributed by atoms with Crippen LogP contribution in [0, 0.1) is 5.92 Å². The van der Waals surface area contributed by atoms with Gasteiger partial charge in [-0.15, -0.1) is 10.2 Å². The summed E-state index contributed by atoms with van der Waals surface area (Å²) in [6, 6.07) is 0.446. The number of hydrogen-bond donors (Lipinski definition) is 1. The van der Waals surface area contributed by atoms with Gasteiger partial charge in [-0.1, -0.05) is 24.6 Å². The number of hydrogen-bond acceptors (Lipinski definition) is 5. The van der Waals surface area contributed by atoms with Crippen molar-refractivity contribution in [3.05, 3.63) is 5.82 Å². The van der Waals surface area contributed by atoms with Crippen LogP contribution >= 0.6 is 11.8 Å². The summed E-state index contributed by atoms with van der Waals surface area (Å²) in [5, 5.41) is 8.96. The van der Waals surface area contributed by atoms with Crippen LogP contribution in [-0.4, -0.2) is 49.8 Å². The summed E-state index contributed by atoms with van der Waals surface area (Å²) >= 11 is 1.43. The number of thioether (sulfide) groups is 1. The molecule has 1 aliphatic carbocycles. The van der Waals surface area contributed by atoms with Crippen LogP contribution in [0.3, 0.4) is 0 Å². The Bertz CT molecular complexity index is 631. The van der Waals surface area contributed by atoms with E-state index in [4.69, 9.17) is 5.73 Å². The highest BCUT2D eigenvalue weighted by atomic mass is 32.2. The molecule has 7 nitrogen and oxygen atoms in total. The van der Waals surface area contributed by atoms with Gasteiger partial charge in [-0.05, 0) is 31.6 Å². The summed E-state index contributed by atoms with van der Waals surface area (Å²) in [5.74, 6) is 1.68. The van der Waals surface area contributed by atoms with Crippen molar-refractivity contribution in [3.63, 3.8) is 0 Å². The number of fused-ring (bicyclic) bond motifs is 1. The maximum atomic E-state index is 12.7. The van der Waals surface area contributed by atoms with E-state index in [-0.39, 0.29) is 18.2 Å². The molecule has 2 amide bonds. The smallest absolute Gasteiger partial charge is 0.233 e. The van der Waals surface area contributed by atoms with Gasteiger partial charge in [-0.3, -0.25) is 9.59 Å². The molecule has 0 aromatic carbocycles. The van der Waals surface area contributed by atoms with E-state index in [9.17, 15) is 9.59 Å². The van der Waals surface area contributed by atoms with Gasteiger partial charge >= 0.3 is 0 Å². The lowest BCUT2D eigenvalue weighted by Crippen LogP contribution is -2.50. The zero-order valence-corrected chi connectivity index (χ0v) is 15.6. The molecule has 2 heterocycles. The molecular weight excluding hydrogens is 338 g/mol. The average molecular weight is 366 g/mol. The van der Waals surface area contributed by atoms with E-state index in [0.29, 0.717) is 29.3 Å². The van der Waals surface area contributed by atoms with Gasteiger partial charge < -0.3 is 15.2 Å². The minimum absolute atomic E-state index is 0.211. The Balaban J connectivity index is 1.56. The van der Waals surface area contributed by atoms with E-state index < -0.39 is 0 Å². The highest BCUT2D eigenvalue weighted by Crippen LogP contribution is 2.35. The van der Waals surface area contributed by atoms with Gasteiger partial charge in [0.05, 0.1) is 5.75 Å². The van der Waals surface area contributed by atoms with Crippen LogP contribution in [-0.2, 0) is 23.1 Å². The molecule has 1 aromatic rings.